The Balaban J connectivity index is 1.73. The van der Waals surface area contributed by atoms with Crippen molar-refractivity contribution in [1.29, 1.82) is 0 Å². The van der Waals surface area contributed by atoms with Crippen molar-refractivity contribution in [2.75, 3.05) is 24.2 Å². The molecule has 2 aromatic heterocycles. The summed E-state index contributed by atoms with van der Waals surface area (Å²) < 4.78 is 43.3. The first-order valence-corrected chi connectivity index (χ1v) is 16.6. The van der Waals surface area contributed by atoms with Gasteiger partial charge < -0.3 is 24.6 Å². The standard InChI is InChI=1S/C27H24N4O13S3/c1-13-4-5-15-14(10-13)29(8-3-9-47(40,41)42)17(43-15)7-6-16-22(36)30(11-18(32)33)26(45-16)21-24(38)31(12-19(34)35)25(46-21)20-23(37)28(2)27(39)44-20/h4-7,10H,3,8-9,11-12H2,1-2H3,(H,32,33)(H,34,35)(H,40,41,42)/b16-6?,17-7?,25-20?,26-21+. The summed E-state index contributed by atoms with van der Waals surface area (Å²) in [6.07, 6.45) is 1.68. The average molecular weight is 709 g/mol. The van der Waals surface area contributed by atoms with E-state index in [1.807, 2.05) is 6.92 Å². The van der Waals surface area contributed by atoms with Gasteiger partial charge in [0.1, 0.15) is 26.9 Å². The summed E-state index contributed by atoms with van der Waals surface area (Å²) in [5.74, 6) is -4.33. The third-order valence-electron chi connectivity index (χ3n) is 6.78. The van der Waals surface area contributed by atoms with Gasteiger partial charge in [-0.25, -0.2) is 9.69 Å². The number of carbonyl (C=O) groups is 4. The van der Waals surface area contributed by atoms with Gasteiger partial charge in [-0.2, -0.15) is 8.42 Å². The predicted molar refractivity (Wildman–Crippen MR) is 165 cm³/mol. The van der Waals surface area contributed by atoms with E-state index in [2.05, 4.69) is 0 Å². The largest absolute Gasteiger partial charge is 0.480 e. The van der Waals surface area contributed by atoms with Crippen molar-refractivity contribution < 1.29 is 51.8 Å². The molecule has 0 bridgehead atoms. The minimum atomic E-state index is -4.23. The van der Waals surface area contributed by atoms with Crippen LogP contribution < -0.4 is 30.0 Å². The number of ether oxygens (including phenoxy) is 2. The molecular weight excluding hydrogens is 685 g/mol. The first-order valence-electron chi connectivity index (χ1n) is 13.4. The van der Waals surface area contributed by atoms with Crippen LogP contribution >= 0.6 is 22.7 Å². The summed E-state index contributed by atoms with van der Waals surface area (Å²) in [6, 6.07) is 5.29. The highest BCUT2D eigenvalue weighted by Crippen LogP contribution is 2.39. The fourth-order valence-corrected chi connectivity index (χ4v) is 7.45. The number of carboxylic acids is 2. The molecule has 4 heterocycles. The molecule has 248 valence electrons. The molecule has 0 spiro atoms. The first kappa shape index (κ1) is 33.3. The van der Waals surface area contributed by atoms with Gasteiger partial charge in [-0.15, -0.1) is 22.7 Å². The molecule has 1 fully saturated rings. The Morgan fingerprint density at radius 3 is 2.19 bits per heavy atom. The number of fused-ring (bicyclic) bond motifs is 1. The molecule has 2 amide bonds. The van der Waals surface area contributed by atoms with Crippen LogP contribution in [0.1, 0.15) is 12.0 Å². The van der Waals surface area contributed by atoms with Crippen LogP contribution in [0.4, 0.5) is 10.5 Å². The third kappa shape index (κ3) is 6.75. The van der Waals surface area contributed by atoms with Crippen LogP contribution in [0, 0.1) is 16.1 Å². The van der Waals surface area contributed by atoms with Crippen molar-refractivity contribution >= 4 is 74.3 Å². The molecule has 0 aliphatic carbocycles. The van der Waals surface area contributed by atoms with Gasteiger partial charge in [-0.3, -0.25) is 37.7 Å². The summed E-state index contributed by atoms with van der Waals surface area (Å²) in [5.41, 5.74) is -0.313. The normalized spacial score (nSPS) is 17.8. The zero-order valence-electron chi connectivity index (χ0n) is 24.4. The van der Waals surface area contributed by atoms with Gasteiger partial charge in [-0.1, -0.05) is 6.07 Å². The number of anilines is 1. The summed E-state index contributed by atoms with van der Waals surface area (Å²) in [6.45, 7) is 0.129. The monoisotopic (exact) mass is 708 g/mol. The van der Waals surface area contributed by atoms with Crippen molar-refractivity contribution in [3.05, 3.63) is 74.8 Å². The zero-order valence-corrected chi connectivity index (χ0v) is 26.8. The first-order chi connectivity index (χ1) is 22.1. The molecule has 0 radical (unpaired) electrons. The molecule has 0 saturated carbocycles. The number of carboxylic acid groups (broad SMARTS) is 2. The van der Waals surface area contributed by atoms with E-state index in [9.17, 15) is 52.0 Å². The van der Waals surface area contributed by atoms with Crippen LogP contribution in [0.2, 0.25) is 0 Å². The average Bonchev–Trinajstić information content (AvgIpc) is 3.66. The molecule has 1 aromatic carbocycles. The molecule has 3 aromatic rings. The Kier molecular flexibility index (Phi) is 8.95. The van der Waals surface area contributed by atoms with Gasteiger partial charge in [0.05, 0.1) is 16.0 Å². The van der Waals surface area contributed by atoms with Gasteiger partial charge >= 0.3 is 23.9 Å². The number of cyclic esters (lactones) is 1. The minimum absolute atomic E-state index is 0.0252. The number of imide groups is 1. The van der Waals surface area contributed by atoms with Gasteiger partial charge in [0, 0.05) is 19.7 Å². The predicted octanol–water partition coefficient (Wildman–Crippen LogP) is -0.587. The lowest BCUT2D eigenvalue weighted by Gasteiger charge is -2.17. The number of hydrogen-bond acceptors (Lipinski definition) is 13. The van der Waals surface area contributed by atoms with Crippen molar-refractivity contribution in [1.82, 2.24) is 14.0 Å². The maximum absolute atomic E-state index is 13.5. The second-order valence-corrected chi connectivity index (χ2v) is 13.8. The lowest BCUT2D eigenvalue weighted by atomic mass is 10.2. The van der Waals surface area contributed by atoms with E-state index in [1.54, 1.807) is 23.1 Å². The topological polar surface area (TPSA) is 232 Å². The Morgan fingerprint density at radius 1 is 0.936 bits per heavy atom. The van der Waals surface area contributed by atoms with E-state index in [1.165, 1.54) is 12.2 Å². The fraction of sp³-hybridized carbons (Fsp3) is 0.259. The Labute approximate surface area is 270 Å². The number of carbonyl (C=O) groups excluding carboxylic acids is 2. The number of amides is 2. The van der Waals surface area contributed by atoms with Crippen LogP contribution in [0.15, 0.2) is 39.7 Å². The maximum atomic E-state index is 13.5. The highest BCUT2D eigenvalue weighted by molar-refractivity contribution is 7.85. The number of hydrogen-bond donors (Lipinski definition) is 3. The molecule has 2 aliphatic heterocycles. The van der Waals surface area contributed by atoms with Crippen LogP contribution in [0.3, 0.4) is 0 Å². The quantitative estimate of drug-likeness (QED) is 0.236. The lowest BCUT2D eigenvalue weighted by Crippen LogP contribution is -2.32. The number of rotatable bonds is 9. The van der Waals surface area contributed by atoms with Crippen molar-refractivity contribution in [3.63, 3.8) is 0 Å². The van der Waals surface area contributed by atoms with E-state index in [4.69, 9.17) is 9.47 Å². The summed E-state index contributed by atoms with van der Waals surface area (Å²) >= 11 is 1.26. The highest BCUT2D eigenvalue weighted by atomic mass is 32.2. The number of likely N-dealkylation sites (N-methyl/N-ethyl adjacent to an activating group) is 1. The number of aryl methyl sites for hydroxylation is 1. The van der Waals surface area contributed by atoms with E-state index < -0.39 is 69.8 Å². The van der Waals surface area contributed by atoms with E-state index in [0.29, 0.717) is 43.6 Å². The second-order valence-electron chi connectivity index (χ2n) is 10.2. The molecule has 0 atom stereocenters. The molecule has 17 nitrogen and oxygen atoms in total. The Bertz CT molecular complexity index is 2350. The number of aliphatic carboxylic acids is 2. The number of allylic oxidation sites excluding steroid dienone is 1. The molecule has 20 heteroatoms. The number of aromatic nitrogens is 2. The minimum Gasteiger partial charge on any atom is -0.480 e. The molecular formula is C27H24N4O13S3. The van der Waals surface area contributed by atoms with E-state index >= 15 is 0 Å². The van der Waals surface area contributed by atoms with Crippen molar-refractivity contribution in [2.24, 2.45) is 0 Å². The molecule has 0 unspecified atom stereocenters. The summed E-state index contributed by atoms with van der Waals surface area (Å²) in [7, 11) is -3.11. The molecule has 3 N–H and O–H groups in total. The molecule has 1 saturated heterocycles. The van der Waals surface area contributed by atoms with Gasteiger partial charge in [-0.05, 0) is 37.1 Å². The van der Waals surface area contributed by atoms with Gasteiger partial charge in [0.2, 0.25) is 11.6 Å². The number of benzene rings is 1. The number of thiazole rings is 2. The number of nitrogens with zero attached hydrogens (tertiary/aromatic N) is 4. The van der Waals surface area contributed by atoms with Gasteiger partial charge in [0.15, 0.2) is 5.75 Å². The highest BCUT2D eigenvalue weighted by Gasteiger charge is 2.36. The summed E-state index contributed by atoms with van der Waals surface area (Å²) in [5, 5.41) is 19.0. The van der Waals surface area contributed by atoms with E-state index in [0.717, 1.165) is 17.2 Å². The maximum Gasteiger partial charge on any atom is 0.422 e. The van der Waals surface area contributed by atoms with Crippen LogP contribution in [-0.4, -0.2) is 80.5 Å². The fourth-order valence-electron chi connectivity index (χ4n) is 4.66. The molecule has 47 heavy (non-hydrogen) atoms. The summed E-state index contributed by atoms with van der Waals surface area (Å²) in [4.78, 5) is 77.2. The molecule has 5 rings (SSSR count). The Hall–Kier alpha value is -5.05. The van der Waals surface area contributed by atoms with Crippen LogP contribution in [0.25, 0.3) is 11.8 Å². The molecule has 2 aliphatic rings. The zero-order chi connectivity index (χ0) is 34.4. The third-order valence-corrected chi connectivity index (χ3v) is 10.0. The lowest BCUT2D eigenvalue weighted by molar-refractivity contribution is -0.138. The second kappa shape index (κ2) is 12.6. The smallest absolute Gasteiger partial charge is 0.422 e. The Morgan fingerprint density at radius 2 is 1.60 bits per heavy atom. The van der Waals surface area contributed by atoms with Crippen LogP contribution in [-0.2, 0) is 42.3 Å². The van der Waals surface area contributed by atoms with Crippen molar-refractivity contribution in [2.45, 2.75) is 26.4 Å². The van der Waals surface area contributed by atoms with Crippen LogP contribution in [0.5, 0.6) is 5.75 Å². The SMILES string of the molecule is Cc1ccc2c(c1)N(CCCS(=O)(=O)O)C(=CC=c1s/c(=c3/sc(=C4OC(=O)N(C)C4=O)n(CC(=O)O)c3=O)n(CC(=O)O)c1=O)O2. The van der Waals surface area contributed by atoms with Gasteiger partial charge in [0.25, 0.3) is 21.2 Å². The van der Waals surface area contributed by atoms with Crippen molar-refractivity contribution in [3.8, 4) is 5.75 Å². The van der Waals surface area contributed by atoms with E-state index in [-0.39, 0.29) is 37.2 Å².